The molecule has 1 aliphatic heterocycles. The third-order valence-corrected chi connectivity index (χ3v) is 3.78. The van der Waals surface area contributed by atoms with Crippen molar-refractivity contribution in [3.63, 3.8) is 0 Å². The third-order valence-electron chi connectivity index (χ3n) is 3.78. The summed E-state index contributed by atoms with van der Waals surface area (Å²) >= 11 is 0. The molecule has 0 radical (unpaired) electrons. The number of fused-ring (bicyclic) bond motifs is 2. The number of aliphatic hydroxyl groups is 1. The molecule has 0 saturated heterocycles. The Kier molecular flexibility index (Phi) is 2.67. The molecule has 3 aromatic rings. The predicted molar refractivity (Wildman–Crippen MR) is 75.6 cm³/mol. The molecule has 0 aliphatic carbocycles. The van der Waals surface area contributed by atoms with Crippen molar-refractivity contribution in [3.05, 3.63) is 46.8 Å². The fraction of sp³-hybridized carbons (Fsp3) is 0.143. The molecule has 3 N–H and O–H groups in total. The SMILES string of the molecule is N#CC1=C(CO)Nc2[nH]ncc2C1c1cccc2nonc12. The summed E-state index contributed by atoms with van der Waals surface area (Å²) in [7, 11) is 0. The van der Waals surface area contributed by atoms with Gasteiger partial charge in [0.1, 0.15) is 16.9 Å². The van der Waals surface area contributed by atoms with E-state index in [4.69, 9.17) is 4.63 Å². The van der Waals surface area contributed by atoms with Gasteiger partial charge in [-0.05, 0) is 21.9 Å². The van der Waals surface area contributed by atoms with Crippen molar-refractivity contribution in [1.29, 1.82) is 5.26 Å². The first-order valence-electron chi connectivity index (χ1n) is 6.59. The average molecular weight is 294 g/mol. The molecule has 3 heterocycles. The van der Waals surface area contributed by atoms with Gasteiger partial charge >= 0.3 is 0 Å². The van der Waals surface area contributed by atoms with Gasteiger partial charge in [-0.2, -0.15) is 10.4 Å². The minimum Gasteiger partial charge on any atom is -0.390 e. The highest BCUT2D eigenvalue weighted by Crippen LogP contribution is 2.42. The molecular formula is C14H10N6O2. The van der Waals surface area contributed by atoms with E-state index in [1.165, 1.54) is 0 Å². The lowest BCUT2D eigenvalue weighted by Gasteiger charge is -2.25. The average Bonchev–Trinajstić information content (AvgIpc) is 3.20. The number of anilines is 1. The summed E-state index contributed by atoms with van der Waals surface area (Å²) in [5.74, 6) is 0.263. The number of aliphatic hydroxyl groups excluding tert-OH is 1. The lowest BCUT2D eigenvalue weighted by atomic mass is 9.83. The first-order chi connectivity index (χ1) is 10.8. The second-order valence-electron chi connectivity index (χ2n) is 4.90. The van der Waals surface area contributed by atoms with Crippen LogP contribution in [-0.4, -0.2) is 32.2 Å². The standard InChI is InChI=1S/C14H10N6O2/c15-4-8-11(6-21)17-14-9(5-16-18-14)12(8)7-2-1-3-10-13(7)20-22-19-10/h1-3,5,12,21H,6H2,(H2,16,17,18). The summed E-state index contributed by atoms with van der Waals surface area (Å²) < 4.78 is 4.80. The number of nitrogens with one attached hydrogen (secondary N) is 2. The van der Waals surface area contributed by atoms with Gasteiger partial charge in [0, 0.05) is 5.56 Å². The molecule has 2 aromatic heterocycles. The first-order valence-corrected chi connectivity index (χ1v) is 6.59. The summed E-state index contributed by atoms with van der Waals surface area (Å²) in [5, 5.41) is 36.7. The van der Waals surface area contributed by atoms with Crippen molar-refractivity contribution < 1.29 is 9.74 Å². The molecule has 8 heteroatoms. The highest BCUT2D eigenvalue weighted by molar-refractivity contribution is 5.80. The number of hydrogen-bond acceptors (Lipinski definition) is 7. The summed E-state index contributed by atoms with van der Waals surface area (Å²) in [5.41, 5.74) is 3.66. The molecule has 22 heavy (non-hydrogen) atoms. The summed E-state index contributed by atoms with van der Waals surface area (Å²) in [6.07, 6.45) is 1.66. The lowest BCUT2D eigenvalue weighted by Crippen LogP contribution is -2.20. The van der Waals surface area contributed by atoms with Crippen molar-refractivity contribution in [2.45, 2.75) is 5.92 Å². The Morgan fingerprint density at radius 3 is 3.05 bits per heavy atom. The van der Waals surface area contributed by atoms with Crippen molar-refractivity contribution in [2.24, 2.45) is 0 Å². The molecule has 0 fully saturated rings. The van der Waals surface area contributed by atoms with Crippen LogP contribution in [0.25, 0.3) is 11.0 Å². The topological polar surface area (TPSA) is 124 Å². The van der Waals surface area contributed by atoms with Crippen molar-refractivity contribution in [2.75, 3.05) is 11.9 Å². The van der Waals surface area contributed by atoms with Gasteiger partial charge in [0.15, 0.2) is 0 Å². The van der Waals surface area contributed by atoms with E-state index in [2.05, 4.69) is 31.9 Å². The Balaban J connectivity index is 2.02. The predicted octanol–water partition coefficient (Wildman–Crippen LogP) is 1.27. The van der Waals surface area contributed by atoms with Crippen LogP contribution in [0.3, 0.4) is 0 Å². The fourth-order valence-electron chi connectivity index (χ4n) is 2.80. The van der Waals surface area contributed by atoms with E-state index in [-0.39, 0.29) is 6.61 Å². The lowest BCUT2D eigenvalue weighted by molar-refractivity contribution is 0.315. The van der Waals surface area contributed by atoms with Crippen LogP contribution in [-0.2, 0) is 0 Å². The summed E-state index contributed by atoms with van der Waals surface area (Å²) in [6.45, 7) is -0.273. The molecular weight excluding hydrogens is 284 g/mol. The maximum Gasteiger partial charge on any atom is 0.139 e. The Morgan fingerprint density at radius 1 is 1.32 bits per heavy atom. The van der Waals surface area contributed by atoms with Gasteiger partial charge in [-0.1, -0.05) is 12.1 Å². The Labute approximate surface area is 124 Å². The quantitative estimate of drug-likeness (QED) is 0.650. The largest absolute Gasteiger partial charge is 0.390 e. The van der Waals surface area contributed by atoms with Crippen LogP contribution in [0.2, 0.25) is 0 Å². The van der Waals surface area contributed by atoms with E-state index >= 15 is 0 Å². The number of benzene rings is 1. The molecule has 1 aliphatic rings. The highest BCUT2D eigenvalue weighted by atomic mass is 16.6. The molecule has 8 nitrogen and oxygen atoms in total. The zero-order valence-electron chi connectivity index (χ0n) is 11.2. The molecule has 1 atom stereocenters. The van der Waals surface area contributed by atoms with Gasteiger partial charge in [0.2, 0.25) is 0 Å². The summed E-state index contributed by atoms with van der Waals surface area (Å²) in [4.78, 5) is 0. The zero-order chi connectivity index (χ0) is 15.1. The third kappa shape index (κ3) is 1.63. The Hall–Kier alpha value is -3.18. The number of aromatic amines is 1. The number of nitriles is 1. The normalized spacial score (nSPS) is 17.2. The van der Waals surface area contributed by atoms with Crippen LogP contribution < -0.4 is 5.32 Å². The van der Waals surface area contributed by atoms with Crippen LogP contribution in [0.5, 0.6) is 0 Å². The second kappa shape index (κ2) is 4.68. The maximum absolute atomic E-state index is 9.56. The van der Waals surface area contributed by atoms with Gasteiger partial charge in [0.25, 0.3) is 0 Å². The molecule has 0 saturated carbocycles. The zero-order valence-corrected chi connectivity index (χ0v) is 11.2. The van der Waals surface area contributed by atoms with Crippen LogP contribution >= 0.6 is 0 Å². The minimum absolute atomic E-state index is 0.273. The van der Waals surface area contributed by atoms with Crippen LogP contribution in [0, 0.1) is 11.3 Å². The number of hydrogen-bond donors (Lipinski definition) is 3. The number of H-pyrrole nitrogens is 1. The van der Waals surface area contributed by atoms with Crippen molar-refractivity contribution >= 4 is 16.9 Å². The maximum atomic E-state index is 9.56. The molecule has 0 bridgehead atoms. The van der Waals surface area contributed by atoms with Gasteiger partial charge in [0.05, 0.1) is 36.1 Å². The van der Waals surface area contributed by atoms with Gasteiger partial charge in [-0.25, -0.2) is 4.63 Å². The van der Waals surface area contributed by atoms with E-state index in [1.807, 2.05) is 12.1 Å². The molecule has 4 rings (SSSR count). The van der Waals surface area contributed by atoms with Crippen LogP contribution in [0.15, 0.2) is 40.3 Å². The van der Waals surface area contributed by atoms with Gasteiger partial charge < -0.3 is 10.4 Å². The Morgan fingerprint density at radius 2 is 2.23 bits per heavy atom. The van der Waals surface area contributed by atoms with Crippen molar-refractivity contribution in [1.82, 2.24) is 20.5 Å². The number of rotatable bonds is 2. The van der Waals surface area contributed by atoms with E-state index < -0.39 is 5.92 Å². The number of aromatic nitrogens is 4. The van der Waals surface area contributed by atoms with Crippen LogP contribution in [0.1, 0.15) is 17.0 Å². The molecule has 0 spiro atoms. The first kappa shape index (κ1) is 12.6. The highest BCUT2D eigenvalue weighted by Gasteiger charge is 2.32. The smallest absolute Gasteiger partial charge is 0.139 e. The molecule has 0 amide bonds. The second-order valence-corrected chi connectivity index (χ2v) is 4.90. The Bertz CT molecular complexity index is 932. The van der Waals surface area contributed by atoms with Crippen LogP contribution in [0.4, 0.5) is 5.82 Å². The molecule has 1 unspecified atom stereocenters. The van der Waals surface area contributed by atoms with E-state index in [0.29, 0.717) is 28.1 Å². The molecule has 108 valence electrons. The van der Waals surface area contributed by atoms with Gasteiger partial charge in [-0.15, -0.1) is 0 Å². The number of nitrogens with zero attached hydrogens (tertiary/aromatic N) is 4. The minimum atomic E-state index is -0.391. The van der Waals surface area contributed by atoms with Crippen molar-refractivity contribution in [3.8, 4) is 6.07 Å². The monoisotopic (exact) mass is 294 g/mol. The number of allylic oxidation sites excluding steroid dienone is 1. The summed E-state index contributed by atoms with van der Waals surface area (Å²) in [6, 6.07) is 7.66. The van der Waals surface area contributed by atoms with E-state index in [1.54, 1.807) is 12.3 Å². The van der Waals surface area contributed by atoms with E-state index in [9.17, 15) is 10.4 Å². The molecule has 1 aromatic carbocycles. The van der Waals surface area contributed by atoms with Gasteiger partial charge in [-0.3, -0.25) is 5.10 Å². The van der Waals surface area contributed by atoms with E-state index in [0.717, 1.165) is 11.1 Å². The fourth-order valence-corrected chi connectivity index (χ4v) is 2.80.